The second-order valence-corrected chi connectivity index (χ2v) is 8.65. The van der Waals surface area contributed by atoms with Crippen LogP contribution in [0.25, 0.3) is 0 Å². The molecule has 0 radical (unpaired) electrons. The maximum atomic E-state index is 12.7. The summed E-state index contributed by atoms with van der Waals surface area (Å²) < 4.78 is 32.2. The van der Waals surface area contributed by atoms with Crippen LogP contribution in [0.15, 0.2) is 64.5 Å². The van der Waals surface area contributed by atoms with E-state index in [1.54, 1.807) is 35.7 Å². The van der Waals surface area contributed by atoms with Crippen LogP contribution in [0.4, 0.5) is 5.69 Å². The van der Waals surface area contributed by atoms with Gasteiger partial charge >= 0.3 is 0 Å². The highest BCUT2D eigenvalue weighted by Crippen LogP contribution is 2.25. The van der Waals surface area contributed by atoms with E-state index < -0.39 is 10.0 Å². The average molecular weight is 403 g/mol. The number of para-hydroxylation sites is 2. The number of guanidine groups is 1. The predicted molar refractivity (Wildman–Crippen MR) is 111 cm³/mol. The minimum Gasteiger partial charge on any atom is -0.495 e. The number of anilines is 1. The van der Waals surface area contributed by atoms with Gasteiger partial charge in [-0.3, -0.25) is 4.99 Å². The average Bonchev–Trinajstić information content (AvgIpc) is 2.73. The minimum atomic E-state index is -3.42. The van der Waals surface area contributed by atoms with Gasteiger partial charge in [0, 0.05) is 19.6 Å². The van der Waals surface area contributed by atoms with Crippen molar-refractivity contribution >= 4 is 21.7 Å². The van der Waals surface area contributed by atoms with Crippen molar-refractivity contribution < 1.29 is 13.2 Å². The van der Waals surface area contributed by atoms with Crippen molar-refractivity contribution in [2.24, 2.45) is 16.6 Å². The number of nitrogens with two attached hydrogens (primary N) is 1. The molecule has 0 spiro atoms. The van der Waals surface area contributed by atoms with Crippen molar-refractivity contribution in [2.45, 2.75) is 17.7 Å². The lowest BCUT2D eigenvalue weighted by Gasteiger charge is -2.30. The Balaban J connectivity index is 1.53. The van der Waals surface area contributed by atoms with E-state index in [0.717, 1.165) is 18.5 Å². The molecule has 0 amide bonds. The normalized spacial score (nSPS) is 16.7. The summed E-state index contributed by atoms with van der Waals surface area (Å²) in [6, 6.07) is 16.1. The smallest absolute Gasteiger partial charge is 0.243 e. The first kappa shape index (κ1) is 20.2. The highest BCUT2D eigenvalue weighted by Gasteiger charge is 2.29. The van der Waals surface area contributed by atoms with Gasteiger partial charge in [-0.1, -0.05) is 30.3 Å². The van der Waals surface area contributed by atoms with Crippen molar-refractivity contribution in [3.63, 3.8) is 0 Å². The van der Waals surface area contributed by atoms with Crippen LogP contribution in [-0.4, -0.2) is 45.4 Å². The van der Waals surface area contributed by atoms with Crippen molar-refractivity contribution in [3.8, 4) is 5.75 Å². The Labute approximate surface area is 166 Å². The third-order valence-corrected chi connectivity index (χ3v) is 6.76. The van der Waals surface area contributed by atoms with Gasteiger partial charge in [0.15, 0.2) is 5.96 Å². The molecule has 0 unspecified atom stereocenters. The number of nitrogens with zero attached hydrogens (tertiary/aromatic N) is 2. The maximum Gasteiger partial charge on any atom is 0.243 e. The van der Waals surface area contributed by atoms with E-state index in [2.05, 4.69) is 10.3 Å². The first-order chi connectivity index (χ1) is 13.5. The molecule has 1 fully saturated rings. The highest BCUT2D eigenvalue weighted by molar-refractivity contribution is 7.89. The molecule has 3 rings (SSSR count). The van der Waals surface area contributed by atoms with Gasteiger partial charge in [-0.25, -0.2) is 8.42 Å². The summed E-state index contributed by atoms with van der Waals surface area (Å²) in [7, 11) is -1.82. The molecule has 0 atom stereocenters. The number of ether oxygens (including phenoxy) is 1. The van der Waals surface area contributed by atoms with Crippen LogP contribution >= 0.6 is 0 Å². The lowest BCUT2D eigenvalue weighted by atomic mass is 9.98. The fourth-order valence-electron chi connectivity index (χ4n) is 3.23. The first-order valence-corrected chi connectivity index (χ1v) is 10.7. The van der Waals surface area contributed by atoms with Gasteiger partial charge in [0.05, 0.1) is 17.7 Å². The van der Waals surface area contributed by atoms with E-state index in [0.29, 0.717) is 42.2 Å². The van der Waals surface area contributed by atoms with Gasteiger partial charge in [0.2, 0.25) is 10.0 Å². The number of aliphatic imine (C=N–C) groups is 1. The number of benzene rings is 2. The molecule has 8 heteroatoms. The summed E-state index contributed by atoms with van der Waals surface area (Å²) in [4.78, 5) is 4.77. The molecule has 2 aromatic rings. The summed E-state index contributed by atoms with van der Waals surface area (Å²) in [5, 5.41) is 3.05. The second kappa shape index (κ2) is 9.07. The molecule has 0 saturated carbocycles. The standard InChI is InChI=1S/C20H26N4O3S/c1-27-19-10-6-5-9-18(19)23-20(21)22-15-16-11-13-24(14-12-16)28(25,26)17-7-3-2-4-8-17/h2-10,16H,11-15H2,1H3,(H3,21,22,23). The van der Waals surface area contributed by atoms with Crippen LogP contribution in [0.3, 0.4) is 0 Å². The van der Waals surface area contributed by atoms with Crippen molar-refractivity contribution in [3.05, 3.63) is 54.6 Å². The Kier molecular flexibility index (Phi) is 6.53. The number of sulfonamides is 1. The van der Waals surface area contributed by atoms with Crippen molar-refractivity contribution in [1.82, 2.24) is 4.31 Å². The topological polar surface area (TPSA) is 97.0 Å². The van der Waals surface area contributed by atoms with Crippen molar-refractivity contribution in [1.29, 1.82) is 0 Å². The van der Waals surface area contributed by atoms with Crippen LogP contribution in [0.1, 0.15) is 12.8 Å². The summed E-state index contributed by atoms with van der Waals surface area (Å²) in [5.74, 6) is 1.32. The van der Waals surface area contributed by atoms with Crippen LogP contribution in [0.2, 0.25) is 0 Å². The highest BCUT2D eigenvalue weighted by atomic mass is 32.2. The number of hydrogen-bond acceptors (Lipinski definition) is 4. The number of nitrogens with one attached hydrogen (secondary N) is 1. The lowest BCUT2D eigenvalue weighted by Crippen LogP contribution is -2.39. The molecular formula is C20H26N4O3S. The van der Waals surface area contributed by atoms with Crippen LogP contribution in [0.5, 0.6) is 5.75 Å². The third kappa shape index (κ3) is 4.82. The summed E-state index contributed by atoms with van der Waals surface area (Å²) in [6.07, 6.45) is 1.52. The quantitative estimate of drug-likeness (QED) is 0.572. The molecular weight excluding hydrogens is 376 g/mol. The van der Waals surface area contributed by atoms with Gasteiger partial charge < -0.3 is 15.8 Å². The number of piperidine rings is 1. The molecule has 28 heavy (non-hydrogen) atoms. The molecule has 1 heterocycles. The Morgan fingerprint density at radius 2 is 1.79 bits per heavy atom. The zero-order valence-electron chi connectivity index (χ0n) is 15.9. The van der Waals surface area contributed by atoms with Crippen LogP contribution in [-0.2, 0) is 10.0 Å². The molecule has 0 aliphatic carbocycles. The summed E-state index contributed by atoms with van der Waals surface area (Å²) in [5.41, 5.74) is 6.76. The number of hydrogen-bond donors (Lipinski definition) is 2. The second-order valence-electron chi connectivity index (χ2n) is 6.71. The SMILES string of the molecule is COc1ccccc1NC(N)=NCC1CCN(S(=O)(=O)c2ccccc2)CC1. The fourth-order valence-corrected chi connectivity index (χ4v) is 4.72. The summed E-state index contributed by atoms with van der Waals surface area (Å²) in [6.45, 7) is 1.56. The van der Waals surface area contributed by atoms with E-state index in [-0.39, 0.29) is 0 Å². The molecule has 2 aromatic carbocycles. The zero-order chi connectivity index (χ0) is 20.0. The Morgan fingerprint density at radius 3 is 2.46 bits per heavy atom. The molecule has 1 saturated heterocycles. The largest absolute Gasteiger partial charge is 0.495 e. The van der Waals surface area contributed by atoms with Crippen molar-refractivity contribution in [2.75, 3.05) is 32.1 Å². The minimum absolute atomic E-state index is 0.306. The van der Waals surface area contributed by atoms with Gasteiger partial charge in [0.25, 0.3) is 0 Å². The predicted octanol–water partition coefficient (Wildman–Crippen LogP) is 2.52. The molecule has 1 aliphatic rings. The van der Waals surface area contributed by atoms with E-state index in [4.69, 9.17) is 10.5 Å². The molecule has 1 aliphatic heterocycles. The lowest BCUT2D eigenvalue weighted by molar-refractivity contribution is 0.279. The van der Waals surface area contributed by atoms with E-state index in [9.17, 15) is 8.42 Å². The van der Waals surface area contributed by atoms with Gasteiger partial charge in [-0.2, -0.15) is 4.31 Å². The number of methoxy groups -OCH3 is 1. The van der Waals surface area contributed by atoms with Gasteiger partial charge in [-0.05, 0) is 43.0 Å². The first-order valence-electron chi connectivity index (χ1n) is 9.26. The molecule has 0 bridgehead atoms. The van der Waals surface area contributed by atoms with E-state index in [1.165, 1.54) is 0 Å². The number of rotatable bonds is 6. The third-order valence-electron chi connectivity index (χ3n) is 4.84. The fraction of sp³-hybridized carbons (Fsp3) is 0.350. The monoisotopic (exact) mass is 402 g/mol. The maximum absolute atomic E-state index is 12.7. The summed E-state index contributed by atoms with van der Waals surface area (Å²) >= 11 is 0. The van der Waals surface area contributed by atoms with Crippen LogP contribution in [0, 0.1) is 5.92 Å². The molecule has 150 valence electrons. The van der Waals surface area contributed by atoms with Crippen LogP contribution < -0.4 is 15.8 Å². The van der Waals surface area contributed by atoms with E-state index in [1.807, 2.05) is 30.3 Å². The zero-order valence-corrected chi connectivity index (χ0v) is 16.7. The Bertz CT molecular complexity index is 908. The molecule has 0 aromatic heterocycles. The van der Waals surface area contributed by atoms with Gasteiger partial charge in [0.1, 0.15) is 5.75 Å². The van der Waals surface area contributed by atoms with Gasteiger partial charge in [-0.15, -0.1) is 0 Å². The Morgan fingerprint density at radius 1 is 1.14 bits per heavy atom. The molecule has 3 N–H and O–H groups in total. The Hall–Kier alpha value is -2.58. The van der Waals surface area contributed by atoms with E-state index >= 15 is 0 Å². The molecule has 7 nitrogen and oxygen atoms in total.